The van der Waals surface area contributed by atoms with Crippen LogP contribution in [-0.2, 0) is 22.9 Å². The molecule has 1 nitrogen and oxygen atoms in total. The molecule has 0 radical (unpaired) electrons. The number of halogens is 4. The van der Waals surface area contributed by atoms with Crippen molar-refractivity contribution in [1.29, 1.82) is 0 Å². The van der Waals surface area contributed by atoms with Gasteiger partial charge in [-0.3, -0.25) is 0 Å². The van der Waals surface area contributed by atoms with E-state index in [4.69, 9.17) is 4.74 Å². The third-order valence-corrected chi connectivity index (χ3v) is 2.14. The molecular formula is C13H8BrF3OZn. The second kappa shape index (κ2) is 8.33. The Morgan fingerprint density at radius 3 is 2.37 bits per heavy atom. The molecule has 0 spiro atoms. The van der Waals surface area contributed by atoms with Crippen LogP contribution in [0.2, 0.25) is 0 Å². The molecule has 0 aromatic heterocycles. The SMILES string of the molecule is Fc1cc[c-]c(OCc2ccc(F)cc2F)c1.[Zn+][Br]. The second-order valence-corrected chi connectivity index (χ2v) is 3.40. The third-order valence-electron chi connectivity index (χ3n) is 2.14. The van der Waals surface area contributed by atoms with E-state index in [9.17, 15) is 13.2 Å². The summed E-state index contributed by atoms with van der Waals surface area (Å²) in [6, 6.07) is 9.58. The van der Waals surface area contributed by atoms with Crippen molar-refractivity contribution < 1.29 is 34.3 Å². The number of hydrogen-bond acceptors (Lipinski definition) is 1. The van der Waals surface area contributed by atoms with Crippen molar-refractivity contribution in [2.24, 2.45) is 0 Å². The fraction of sp³-hybridized carbons (Fsp3) is 0.0769. The van der Waals surface area contributed by atoms with Crippen LogP contribution in [0.1, 0.15) is 5.56 Å². The van der Waals surface area contributed by atoms with Gasteiger partial charge in [0.05, 0.1) is 0 Å². The van der Waals surface area contributed by atoms with Crippen molar-refractivity contribution in [2.75, 3.05) is 0 Å². The molecule has 19 heavy (non-hydrogen) atoms. The van der Waals surface area contributed by atoms with Crippen molar-refractivity contribution in [3.63, 3.8) is 0 Å². The summed E-state index contributed by atoms with van der Waals surface area (Å²) in [7, 11) is 0. The predicted molar refractivity (Wildman–Crippen MR) is 64.9 cm³/mol. The van der Waals surface area contributed by atoms with E-state index in [0.717, 1.165) is 18.2 Å². The zero-order valence-corrected chi connectivity index (χ0v) is 14.4. The van der Waals surface area contributed by atoms with E-state index >= 15 is 0 Å². The molecule has 0 saturated carbocycles. The van der Waals surface area contributed by atoms with Gasteiger partial charge in [0.2, 0.25) is 0 Å². The van der Waals surface area contributed by atoms with E-state index in [-0.39, 0.29) is 17.9 Å². The number of benzene rings is 2. The molecule has 0 aliphatic carbocycles. The van der Waals surface area contributed by atoms with Crippen LogP contribution >= 0.6 is 13.6 Å². The molecule has 0 bridgehead atoms. The molecule has 0 saturated heterocycles. The zero-order valence-electron chi connectivity index (χ0n) is 9.80. The summed E-state index contributed by atoms with van der Waals surface area (Å²) in [5.41, 5.74) is 0.198. The normalized spacial score (nSPS) is 9.58. The van der Waals surface area contributed by atoms with E-state index in [1.54, 1.807) is 0 Å². The molecule has 6 heteroatoms. The standard InChI is InChI=1S/C13H8F3O.BrH.Zn/c14-10-2-1-3-12(6-10)17-8-9-4-5-11(15)7-13(9)16;;/h1-2,4-7H,8H2;1H;/q-1;;+2/p-1. The summed E-state index contributed by atoms with van der Waals surface area (Å²) in [6.45, 7) is -0.105. The zero-order chi connectivity index (χ0) is 14.3. The average molecular weight is 382 g/mol. The van der Waals surface area contributed by atoms with Crippen LogP contribution in [0.4, 0.5) is 13.2 Å². The summed E-state index contributed by atoms with van der Waals surface area (Å²) < 4.78 is 43.8. The van der Waals surface area contributed by atoms with Crippen LogP contribution in [0.3, 0.4) is 0 Å². The molecule has 2 aromatic rings. The molecule has 0 unspecified atom stereocenters. The van der Waals surface area contributed by atoms with Gasteiger partial charge in [0.1, 0.15) is 18.2 Å². The molecule has 0 atom stereocenters. The van der Waals surface area contributed by atoms with Crippen LogP contribution in [0.15, 0.2) is 36.4 Å². The van der Waals surface area contributed by atoms with Crippen LogP contribution in [0, 0.1) is 23.5 Å². The third kappa shape index (κ3) is 5.33. The maximum absolute atomic E-state index is 13.2. The minimum atomic E-state index is -0.693. The Morgan fingerprint density at radius 2 is 1.74 bits per heavy atom. The molecule has 2 aromatic carbocycles. The van der Waals surface area contributed by atoms with Gasteiger partial charge in [0, 0.05) is 23.2 Å². The van der Waals surface area contributed by atoms with E-state index in [1.165, 1.54) is 34.5 Å². The van der Waals surface area contributed by atoms with Crippen LogP contribution in [-0.4, -0.2) is 0 Å². The topological polar surface area (TPSA) is 9.23 Å². The van der Waals surface area contributed by atoms with Gasteiger partial charge in [-0.1, -0.05) is 6.07 Å². The molecule has 0 aliphatic heterocycles. The number of rotatable bonds is 3. The monoisotopic (exact) mass is 380 g/mol. The summed E-state index contributed by atoms with van der Waals surface area (Å²) in [6.07, 6.45) is 0. The molecule has 0 heterocycles. The molecule has 0 amide bonds. The molecular weight excluding hydrogens is 374 g/mol. The molecule has 0 N–H and O–H groups in total. The quantitative estimate of drug-likeness (QED) is 0.567. The van der Waals surface area contributed by atoms with Crippen molar-refractivity contribution in [1.82, 2.24) is 0 Å². The Labute approximate surface area is 125 Å². The van der Waals surface area contributed by atoms with Gasteiger partial charge in [-0.15, -0.1) is 12.1 Å². The molecule has 96 valence electrons. The summed E-state index contributed by atoms with van der Waals surface area (Å²) in [5, 5.41) is 0. The van der Waals surface area contributed by atoms with Gasteiger partial charge in [-0.05, 0) is 12.1 Å². The van der Waals surface area contributed by atoms with Crippen LogP contribution in [0.25, 0.3) is 0 Å². The first-order valence-corrected chi connectivity index (χ1v) is 12.1. The van der Waals surface area contributed by atoms with Gasteiger partial charge in [-0.2, -0.15) is 6.07 Å². The van der Waals surface area contributed by atoms with Gasteiger partial charge in [-0.25, -0.2) is 13.2 Å². The summed E-state index contributed by atoms with van der Waals surface area (Å²) in [4.78, 5) is 0. The van der Waals surface area contributed by atoms with Crippen LogP contribution < -0.4 is 4.74 Å². The Balaban J connectivity index is 0.000000861. The van der Waals surface area contributed by atoms with Gasteiger partial charge < -0.3 is 4.74 Å². The van der Waals surface area contributed by atoms with E-state index in [1.807, 2.05) is 0 Å². The Kier molecular flexibility index (Phi) is 7.10. The fourth-order valence-electron chi connectivity index (χ4n) is 1.30. The fourth-order valence-corrected chi connectivity index (χ4v) is 1.30. The van der Waals surface area contributed by atoms with Crippen LogP contribution in [0.5, 0.6) is 5.75 Å². The second-order valence-electron chi connectivity index (χ2n) is 3.40. The van der Waals surface area contributed by atoms with E-state index in [0.29, 0.717) is 0 Å². The predicted octanol–water partition coefficient (Wildman–Crippen LogP) is 4.33. The van der Waals surface area contributed by atoms with Gasteiger partial charge in [0.25, 0.3) is 0 Å². The molecule has 2 rings (SSSR count). The van der Waals surface area contributed by atoms with Crippen molar-refractivity contribution in [3.8, 4) is 5.75 Å². The minimum absolute atomic E-state index is 0.105. The van der Waals surface area contributed by atoms with Gasteiger partial charge in [0.15, 0.2) is 0 Å². The first kappa shape index (κ1) is 16.2. The summed E-state index contributed by atoms with van der Waals surface area (Å²) >= 11 is 4.25. The average Bonchev–Trinajstić information content (AvgIpc) is 2.40. The Hall–Kier alpha value is -0.867. The van der Waals surface area contributed by atoms with E-state index in [2.05, 4.69) is 19.7 Å². The molecule has 0 aliphatic rings. The Morgan fingerprint density at radius 1 is 1.05 bits per heavy atom. The van der Waals surface area contributed by atoms with Gasteiger partial charge >= 0.3 is 30.0 Å². The molecule has 0 fully saturated rings. The first-order valence-electron chi connectivity index (χ1n) is 5.16. The van der Waals surface area contributed by atoms with Crippen molar-refractivity contribution >= 4 is 13.6 Å². The Bertz CT molecular complexity index is 537. The maximum atomic E-state index is 13.2. The number of hydrogen-bond donors (Lipinski definition) is 0. The van der Waals surface area contributed by atoms with E-state index < -0.39 is 17.5 Å². The first-order chi connectivity index (χ1) is 9.15. The summed E-state index contributed by atoms with van der Waals surface area (Å²) in [5.74, 6) is -1.63. The van der Waals surface area contributed by atoms with Crippen molar-refractivity contribution in [2.45, 2.75) is 6.61 Å². The number of ether oxygens (including phenoxy) is 1. The van der Waals surface area contributed by atoms with Crippen molar-refractivity contribution in [3.05, 3.63) is 65.5 Å².